The molecule has 0 N–H and O–H groups in total. The van der Waals surface area contributed by atoms with Gasteiger partial charge in [-0.25, -0.2) is 4.98 Å². The number of halogens is 2. The molecule has 0 atom stereocenters. The van der Waals surface area contributed by atoms with Crippen molar-refractivity contribution in [3.8, 4) is 0 Å². The predicted molar refractivity (Wildman–Crippen MR) is 73.3 cm³/mol. The summed E-state index contributed by atoms with van der Waals surface area (Å²) < 4.78 is 0.733. The summed E-state index contributed by atoms with van der Waals surface area (Å²) in [4.78, 5) is 17.8. The Kier molecular flexibility index (Phi) is 5.15. The summed E-state index contributed by atoms with van der Waals surface area (Å²) >= 11 is 9.20. The SMILES string of the molecule is C=C(C)CN(CC)C(=O)c1cc(Br)cnc1Cl. The smallest absolute Gasteiger partial charge is 0.257 e. The van der Waals surface area contributed by atoms with Gasteiger partial charge in [0.1, 0.15) is 5.15 Å². The molecule has 3 nitrogen and oxygen atoms in total. The van der Waals surface area contributed by atoms with Gasteiger partial charge in [-0.15, -0.1) is 0 Å². The first kappa shape index (κ1) is 14.2. The van der Waals surface area contributed by atoms with Gasteiger partial charge >= 0.3 is 0 Å². The number of carbonyl (C=O) groups is 1. The molecular weight excluding hydrogens is 304 g/mol. The molecule has 5 heteroatoms. The average molecular weight is 318 g/mol. The van der Waals surface area contributed by atoms with Crippen molar-refractivity contribution >= 4 is 33.4 Å². The lowest BCUT2D eigenvalue weighted by Gasteiger charge is -2.21. The minimum absolute atomic E-state index is 0.130. The van der Waals surface area contributed by atoms with Gasteiger partial charge in [0, 0.05) is 23.8 Å². The van der Waals surface area contributed by atoms with E-state index >= 15 is 0 Å². The first-order valence-electron chi connectivity index (χ1n) is 5.20. The first-order chi connectivity index (χ1) is 7.95. The van der Waals surface area contributed by atoms with Gasteiger partial charge < -0.3 is 4.90 Å². The standard InChI is InChI=1S/C12H14BrClN2O/c1-4-16(7-8(2)3)12(17)10-5-9(13)6-15-11(10)14/h5-6H,2,4,7H2,1,3H3. The summed E-state index contributed by atoms with van der Waals surface area (Å²) in [5, 5.41) is 0.221. The number of amides is 1. The second-order valence-corrected chi connectivity index (χ2v) is 5.04. The molecule has 1 aromatic rings. The van der Waals surface area contributed by atoms with Gasteiger partial charge in [0.15, 0.2) is 0 Å². The molecule has 0 aliphatic rings. The van der Waals surface area contributed by atoms with Crippen LogP contribution < -0.4 is 0 Å². The maximum Gasteiger partial charge on any atom is 0.257 e. The molecule has 0 spiro atoms. The molecule has 92 valence electrons. The fourth-order valence-corrected chi connectivity index (χ4v) is 1.91. The highest BCUT2D eigenvalue weighted by Crippen LogP contribution is 2.20. The number of likely N-dealkylation sites (N-methyl/N-ethyl adjacent to an activating group) is 1. The zero-order chi connectivity index (χ0) is 13.0. The quantitative estimate of drug-likeness (QED) is 0.628. The maximum absolute atomic E-state index is 12.2. The lowest BCUT2D eigenvalue weighted by atomic mass is 10.2. The molecule has 1 rings (SSSR count). The van der Waals surface area contributed by atoms with E-state index in [4.69, 9.17) is 11.6 Å². The molecule has 0 aromatic carbocycles. The Hall–Kier alpha value is -0.870. The van der Waals surface area contributed by atoms with Gasteiger partial charge in [-0.1, -0.05) is 23.8 Å². The Morgan fingerprint density at radius 2 is 2.29 bits per heavy atom. The summed E-state index contributed by atoms with van der Waals surface area (Å²) in [6.07, 6.45) is 1.56. The third kappa shape index (κ3) is 3.82. The molecule has 0 aliphatic carbocycles. The summed E-state index contributed by atoms with van der Waals surface area (Å²) in [6, 6.07) is 1.68. The van der Waals surface area contributed by atoms with Crippen molar-refractivity contribution in [2.75, 3.05) is 13.1 Å². The Balaban J connectivity index is 3.01. The molecule has 0 radical (unpaired) electrons. The van der Waals surface area contributed by atoms with E-state index in [1.54, 1.807) is 17.2 Å². The molecule has 1 aromatic heterocycles. The zero-order valence-electron chi connectivity index (χ0n) is 9.83. The fourth-order valence-electron chi connectivity index (χ4n) is 1.40. The molecule has 0 fully saturated rings. The van der Waals surface area contributed by atoms with Crippen LogP contribution in [-0.4, -0.2) is 28.9 Å². The number of aromatic nitrogens is 1. The minimum Gasteiger partial charge on any atom is -0.335 e. The highest BCUT2D eigenvalue weighted by atomic mass is 79.9. The van der Waals surface area contributed by atoms with Crippen LogP contribution in [0, 0.1) is 0 Å². The van der Waals surface area contributed by atoms with Crippen LogP contribution in [0.3, 0.4) is 0 Å². The average Bonchev–Trinajstić information content (AvgIpc) is 2.28. The predicted octanol–water partition coefficient (Wildman–Crippen LogP) is 3.54. The Morgan fingerprint density at radius 3 is 2.82 bits per heavy atom. The lowest BCUT2D eigenvalue weighted by Crippen LogP contribution is -2.32. The van der Waals surface area contributed by atoms with Crippen molar-refractivity contribution in [3.63, 3.8) is 0 Å². The van der Waals surface area contributed by atoms with Crippen LogP contribution in [-0.2, 0) is 0 Å². The Morgan fingerprint density at radius 1 is 1.65 bits per heavy atom. The van der Waals surface area contributed by atoms with Gasteiger partial charge in [0.05, 0.1) is 5.56 Å². The molecule has 0 bridgehead atoms. The maximum atomic E-state index is 12.2. The third-order valence-corrected chi connectivity index (χ3v) is 2.90. The van der Waals surface area contributed by atoms with E-state index in [-0.39, 0.29) is 11.1 Å². The number of nitrogens with zero attached hydrogens (tertiary/aromatic N) is 2. The fraction of sp³-hybridized carbons (Fsp3) is 0.333. The summed E-state index contributed by atoms with van der Waals surface area (Å²) in [6.45, 7) is 8.74. The lowest BCUT2D eigenvalue weighted by molar-refractivity contribution is 0.0778. The van der Waals surface area contributed by atoms with Crippen LogP contribution in [0.4, 0.5) is 0 Å². The van der Waals surface area contributed by atoms with Gasteiger partial charge in [-0.05, 0) is 35.8 Å². The highest BCUT2D eigenvalue weighted by molar-refractivity contribution is 9.10. The molecular formula is C12H14BrClN2O. The second kappa shape index (κ2) is 6.17. The second-order valence-electron chi connectivity index (χ2n) is 3.77. The van der Waals surface area contributed by atoms with Gasteiger partial charge in [0.2, 0.25) is 0 Å². The largest absolute Gasteiger partial charge is 0.335 e. The number of hydrogen-bond acceptors (Lipinski definition) is 2. The van der Waals surface area contributed by atoms with Gasteiger partial charge in [-0.3, -0.25) is 4.79 Å². The summed E-state index contributed by atoms with van der Waals surface area (Å²) in [5.41, 5.74) is 1.34. The van der Waals surface area contributed by atoms with E-state index in [1.165, 1.54) is 0 Å². The minimum atomic E-state index is -0.130. The number of carbonyl (C=O) groups excluding carboxylic acids is 1. The van der Waals surface area contributed by atoms with E-state index < -0.39 is 0 Å². The molecule has 1 heterocycles. The van der Waals surface area contributed by atoms with E-state index in [9.17, 15) is 4.79 Å². The Bertz CT molecular complexity index is 448. The van der Waals surface area contributed by atoms with Crippen molar-refractivity contribution in [1.82, 2.24) is 9.88 Å². The van der Waals surface area contributed by atoms with Crippen LogP contribution in [0.5, 0.6) is 0 Å². The molecule has 0 saturated carbocycles. The van der Waals surface area contributed by atoms with Crippen molar-refractivity contribution in [2.45, 2.75) is 13.8 Å². The van der Waals surface area contributed by atoms with Gasteiger partial charge in [-0.2, -0.15) is 0 Å². The van der Waals surface area contributed by atoms with Crippen molar-refractivity contribution in [2.24, 2.45) is 0 Å². The summed E-state index contributed by atoms with van der Waals surface area (Å²) in [5.74, 6) is -0.130. The molecule has 0 unspecified atom stereocenters. The number of hydrogen-bond donors (Lipinski definition) is 0. The molecule has 1 amide bonds. The first-order valence-corrected chi connectivity index (χ1v) is 6.37. The Labute approximate surface area is 115 Å². The van der Waals surface area contributed by atoms with Crippen molar-refractivity contribution < 1.29 is 4.79 Å². The topological polar surface area (TPSA) is 33.2 Å². The van der Waals surface area contributed by atoms with Crippen molar-refractivity contribution in [1.29, 1.82) is 0 Å². The summed E-state index contributed by atoms with van der Waals surface area (Å²) in [7, 11) is 0. The van der Waals surface area contributed by atoms with Gasteiger partial charge in [0.25, 0.3) is 5.91 Å². The van der Waals surface area contributed by atoms with Crippen LogP contribution >= 0.6 is 27.5 Å². The van der Waals surface area contributed by atoms with E-state index in [0.29, 0.717) is 18.7 Å². The molecule has 0 aliphatic heterocycles. The normalized spacial score (nSPS) is 10.1. The van der Waals surface area contributed by atoms with E-state index in [1.807, 2.05) is 13.8 Å². The van der Waals surface area contributed by atoms with Crippen molar-refractivity contribution in [3.05, 3.63) is 39.6 Å². The van der Waals surface area contributed by atoms with Crippen LogP contribution in [0.15, 0.2) is 28.9 Å². The van der Waals surface area contributed by atoms with E-state index in [2.05, 4.69) is 27.5 Å². The molecule has 0 saturated heterocycles. The van der Waals surface area contributed by atoms with E-state index in [0.717, 1.165) is 10.0 Å². The number of rotatable bonds is 4. The zero-order valence-corrected chi connectivity index (χ0v) is 12.2. The van der Waals surface area contributed by atoms with Crippen LogP contribution in [0.2, 0.25) is 5.15 Å². The molecule has 17 heavy (non-hydrogen) atoms. The number of pyridine rings is 1. The monoisotopic (exact) mass is 316 g/mol. The van der Waals surface area contributed by atoms with Crippen LogP contribution in [0.1, 0.15) is 24.2 Å². The van der Waals surface area contributed by atoms with Crippen LogP contribution in [0.25, 0.3) is 0 Å². The highest BCUT2D eigenvalue weighted by Gasteiger charge is 2.18. The third-order valence-electron chi connectivity index (χ3n) is 2.17.